The van der Waals surface area contributed by atoms with Crippen LogP contribution in [0.15, 0.2) is 18.3 Å². The van der Waals surface area contributed by atoms with E-state index in [4.69, 9.17) is 5.10 Å². The SMILES string of the molecule is CC(C)Nc1ccnc(N2CCCn3nc(CNC(=O)C4CCC4)cc3C2)n1. The van der Waals surface area contributed by atoms with E-state index in [1.807, 2.05) is 6.07 Å². The number of rotatable bonds is 6. The van der Waals surface area contributed by atoms with Gasteiger partial charge >= 0.3 is 0 Å². The highest BCUT2D eigenvalue weighted by atomic mass is 16.1. The van der Waals surface area contributed by atoms with Crippen molar-refractivity contribution in [2.45, 2.75) is 65.2 Å². The average molecular weight is 384 g/mol. The summed E-state index contributed by atoms with van der Waals surface area (Å²) >= 11 is 0. The lowest BCUT2D eigenvalue weighted by molar-refractivity contribution is -0.127. The van der Waals surface area contributed by atoms with Gasteiger partial charge in [-0.05, 0) is 45.2 Å². The predicted molar refractivity (Wildman–Crippen MR) is 108 cm³/mol. The molecule has 1 fully saturated rings. The summed E-state index contributed by atoms with van der Waals surface area (Å²) in [6, 6.07) is 4.32. The molecule has 0 saturated heterocycles. The fourth-order valence-electron chi connectivity index (χ4n) is 3.65. The highest BCUT2D eigenvalue weighted by Crippen LogP contribution is 2.26. The highest BCUT2D eigenvalue weighted by Gasteiger charge is 2.25. The molecule has 0 radical (unpaired) electrons. The van der Waals surface area contributed by atoms with Crippen molar-refractivity contribution in [2.24, 2.45) is 5.92 Å². The van der Waals surface area contributed by atoms with Gasteiger partial charge < -0.3 is 15.5 Å². The Bertz CT molecular complexity index is 828. The van der Waals surface area contributed by atoms with E-state index >= 15 is 0 Å². The first-order chi connectivity index (χ1) is 13.6. The Balaban J connectivity index is 1.43. The Kier molecular flexibility index (Phi) is 5.45. The lowest BCUT2D eigenvalue weighted by Gasteiger charge is -2.23. The lowest BCUT2D eigenvalue weighted by atomic mass is 9.85. The van der Waals surface area contributed by atoms with Crippen molar-refractivity contribution < 1.29 is 4.79 Å². The summed E-state index contributed by atoms with van der Waals surface area (Å²) in [5.74, 6) is 1.95. The van der Waals surface area contributed by atoms with Crippen molar-refractivity contribution >= 4 is 17.7 Å². The number of fused-ring (bicyclic) bond motifs is 1. The third-order valence-electron chi connectivity index (χ3n) is 5.35. The summed E-state index contributed by atoms with van der Waals surface area (Å²) in [4.78, 5) is 23.4. The van der Waals surface area contributed by atoms with Crippen LogP contribution in [0.4, 0.5) is 11.8 Å². The number of amides is 1. The minimum absolute atomic E-state index is 0.166. The molecule has 4 rings (SSSR count). The molecule has 0 aromatic carbocycles. The van der Waals surface area contributed by atoms with Crippen LogP contribution in [-0.2, 0) is 24.4 Å². The number of nitrogens with zero attached hydrogens (tertiary/aromatic N) is 5. The van der Waals surface area contributed by atoms with Gasteiger partial charge in [-0.3, -0.25) is 9.48 Å². The van der Waals surface area contributed by atoms with Gasteiger partial charge in [0.1, 0.15) is 5.82 Å². The summed E-state index contributed by atoms with van der Waals surface area (Å²) in [7, 11) is 0. The van der Waals surface area contributed by atoms with Gasteiger partial charge in [-0.2, -0.15) is 10.1 Å². The zero-order valence-electron chi connectivity index (χ0n) is 16.7. The second kappa shape index (κ2) is 8.16. The van der Waals surface area contributed by atoms with Crippen molar-refractivity contribution in [3.63, 3.8) is 0 Å². The van der Waals surface area contributed by atoms with Gasteiger partial charge in [-0.1, -0.05) is 6.42 Å². The lowest BCUT2D eigenvalue weighted by Crippen LogP contribution is -2.34. The third kappa shape index (κ3) is 4.26. The summed E-state index contributed by atoms with van der Waals surface area (Å²) in [6.07, 6.45) is 5.99. The summed E-state index contributed by atoms with van der Waals surface area (Å²) in [5.41, 5.74) is 2.05. The maximum absolute atomic E-state index is 12.1. The number of aryl methyl sites for hydroxylation is 1. The number of nitrogens with one attached hydrogen (secondary N) is 2. The molecule has 1 aliphatic carbocycles. The van der Waals surface area contributed by atoms with Gasteiger partial charge in [-0.15, -0.1) is 0 Å². The number of hydrogen-bond acceptors (Lipinski definition) is 6. The largest absolute Gasteiger partial charge is 0.368 e. The first-order valence-corrected chi connectivity index (χ1v) is 10.3. The second-order valence-electron chi connectivity index (χ2n) is 8.01. The number of aromatic nitrogens is 4. The van der Waals surface area contributed by atoms with E-state index in [1.54, 1.807) is 6.20 Å². The molecular formula is C20H29N7O. The molecular weight excluding hydrogens is 354 g/mol. The molecule has 0 spiro atoms. The molecule has 0 unspecified atom stereocenters. The van der Waals surface area contributed by atoms with Crippen LogP contribution in [0.3, 0.4) is 0 Å². The normalized spacial score (nSPS) is 17.0. The van der Waals surface area contributed by atoms with Crippen LogP contribution in [0.5, 0.6) is 0 Å². The smallest absolute Gasteiger partial charge is 0.227 e. The van der Waals surface area contributed by atoms with Crippen LogP contribution in [0, 0.1) is 5.92 Å². The third-order valence-corrected chi connectivity index (χ3v) is 5.35. The standard InChI is InChI=1S/C20H29N7O/c1-14(2)23-18-7-8-21-20(24-18)26-9-4-10-27-17(13-26)11-16(25-27)12-22-19(28)15-5-3-6-15/h7-8,11,14-15H,3-6,9-10,12-13H2,1-2H3,(H,22,28)(H,21,23,24). The van der Waals surface area contributed by atoms with Crippen LogP contribution >= 0.6 is 0 Å². The number of carbonyl (C=O) groups excluding carboxylic acids is 1. The van der Waals surface area contributed by atoms with Gasteiger partial charge in [-0.25, -0.2) is 4.98 Å². The average Bonchev–Trinajstić information content (AvgIpc) is 2.88. The zero-order chi connectivity index (χ0) is 19.5. The van der Waals surface area contributed by atoms with E-state index < -0.39 is 0 Å². The van der Waals surface area contributed by atoms with Crippen molar-refractivity contribution in [2.75, 3.05) is 16.8 Å². The monoisotopic (exact) mass is 383 g/mol. The molecule has 2 aromatic heterocycles. The van der Waals surface area contributed by atoms with E-state index in [1.165, 1.54) is 6.42 Å². The molecule has 150 valence electrons. The molecule has 2 aliphatic rings. The maximum atomic E-state index is 12.1. The zero-order valence-corrected chi connectivity index (χ0v) is 16.7. The first kappa shape index (κ1) is 18.7. The molecule has 0 bridgehead atoms. The van der Waals surface area contributed by atoms with Gasteiger partial charge in [0.15, 0.2) is 0 Å². The summed E-state index contributed by atoms with van der Waals surface area (Å²) < 4.78 is 2.06. The van der Waals surface area contributed by atoms with E-state index in [0.717, 1.165) is 55.5 Å². The van der Waals surface area contributed by atoms with E-state index in [9.17, 15) is 4.79 Å². The molecule has 1 aliphatic heterocycles. The Morgan fingerprint density at radius 2 is 2.14 bits per heavy atom. The molecule has 2 N–H and O–H groups in total. The maximum Gasteiger partial charge on any atom is 0.227 e. The Morgan fingerprint density at radius 1 is 1.29 bits per heavy atom. The van der Waals surface area contributed by atoms with Gasteiger partial charge in [0.2, 0.25) is 11.9 Å². The summed E-state index contributed by atoms with van der Waals surface area (Å²) in [6.45, 7) is 7.16. The number of carbonyl (C=O) groups is 1. The molecule has 1 amide bonds. The Morgan fingerprint density at radius 3 is 2.89 bits per heavy atom. The summed E-state index contributed by atoms with van der Waals surface area (Å²) in [5, 5.41) is 11.1. The van der Waals surface area contributed by atoms with Crippen LogP contribution < -0.4 is 15.5 Å². The highest BCUT2D eigenvalue weighted by molar-refractivity contribution is 5.79. The Labute approximate surface area is 165 Å². The number of anilines is 2. The molecule has 2 aromatic rings. The minimum atomic E-state index is 0.166. The fourth-order valence-corrected chi connectivity index (χ4v) is 3.65. The van der Waals surface area contributed by atoms with E-state index in [2.05, 4.69) is 50.1 Å². The molecule has 28 heavy (non-hydrogen) atoms. The molecule has 3 heterocycles. The quantitative estimate of drug-likeness (QED) is 0.796. The van der Waals surface area contributed by atoms with E-state index in [-0.39, 0.29) is 11.8 Å². The molecule has 1 saturated carbocycles. The van der Waals surface area contributed by atoms with Crippen LogP contribution in [0.2, 0.25) is 0 Å². The van der Waals surface area contributed by atoms with Gasteiger partial charge in [0.25, 0.3) is 0 Å². The van der Waals surface area contributed by atoms with Crippen LogP contribution in [-0.4, -0.2) is 38.2 Å². The molecule has 0 atom stereocenters. The molecule has 8 heteroatoms. The topological polar surface area (TPSA) is 88.0 Å². The Hall–Kier alpha value is -2.64. The minimum Gasteiger partial charge on any atom is -0.368 e. The van der Waals surface area contributed by atoms with Crippen LogP contribution in [0.1, 0.15) is 50.9 Å². The van der Waals surface area contributed by atoms with Crippen molar-refractivity contribution in [3.8, 4) is 0 Å². The van der Waals surface area contributed by atoms with Crippen molar-refractivity contribution in [1.29, 1.82) is 0 Å². The first-order valence-electron chi connectivity index (χ1n) is 10.3. The van der Waals surface area contributed by atoms with Crippen LogP contribution in [0.25, 0.3) is 0 Å². The van der Waals surface area contributed by atoms with E-state index in [0.29, 0.717) is 19.1 Å². The van der Waals surface area contributed by atoms with Gasteiger partial charge in [0, 0.05) is 31.2 Å². The fraction of sp³-hybridized carbons (Fsp3) is 0.600. The predicted octanol–water partition coefficient (Wildman–Crippen LogP) is 2.32. The second-order valence-corrected chi connectivity index (χ2v) is 8.01. The van der Waals surface area contributed by atoms with Crippen molar-refractivity contribution in [1.82, 2.24) is 25.1 Å². The molecule has 8 nitrogen and oxygen atoms in total. The van der Waals surface area contributed by atoms with Gasteiger partial charge in [0.05, 0.1) is 24.5 Å². The van der Waals surface area contributed by atoms with Crippen molar-refractivity contribution in [3.05, 3.63) is 29.7 Å². The number of hydrogen-bond donors (Lipinski definition) is 2.